The minimum absolute atomic E-state index is 0.617. The molecule has 0 aliphatic rings. The molecule has 0 N–H and O–H groups in total. The number of furan rings is 2. The zero-order chi connectivity index (χ0) is 37.5. The van der Waals surface area contributed by atoms with Gasteiger partial charge in [-0.1, -0.05) is 140 Å². The lowest BCUT2D eigenvalue weighted by Gasteiger charge is -2.13. The highest BCUT2D eigenvalue weighted by atomic mass is 16.3. The Balaban J connectivity index is 1.16. The number of nitrogens with zero attached hydrogens (tertiary/aromatic N) is 4. The van der Waals surface area contributed by atoms with Crippen LogP contribution in [0, 0.1) is 0 Å². The Kier molecular flexibility index (Phi) is 6.83. The highest BCUT2D eigenvalue weighted by Crippen LogP contribution is 2.45. The van der Waals surface area contributed by atoms with Gasteiger partial charge in [0, 0.05) is 60.3 Å². The normalized spacial score (nSPS) is 11.9. The van der Waals surface area contributed by atoms with Crippen molar-refractivity contribution in [2.75, 3.05) is 0 Å². The third-order valence-corrected chi connectivity index (χ3v) is 11.1. The molecule has 6 heteroatoms. The Bertz CT molecular complexity index is 3470. The smallest absolute Gasteiger partial charge is 0.164 e. The topological polar surface area (TPSA) is 69.9 Å². The summed E-state index contributed by atoms with van der Waals surface area (Å²) >= 11 is 0. The molecule has 0 aliphatic carbocycles. The molecule has 57 heavy (non-hydrogen) atoms. The minimum atomic E-state index is 0.617. The molecule has 12 rings (SSSR count). The van der Waals surface area contributed by atoms with E-state index in [4.69, 9.17) is 23.8 Å². The lowest BCUT2D eigenvalue weighted by molar-refractivity contribution is 0.668. The lowest BCUT2D eigenvalue weighted by Crippen LogP contribution is -2.00. The van der Waals surface area contributed by atoms with Gasteiger partial charge in [-0.05, 0) is 48.0 Å². The molecule has 6 nitrogen and oxygen atoms in total. The highest BCUT2D eigenvalue weighted by molar-refractivity contribution is 6.19. The van der Waals surface area contributed by atoms with E-state index in [0.29, 0.717) is 17.5 Å². The summed E-state index contributed by atoms with van der Waals surface area (Å²) in [5.41, 5.74) is 11.4. The van der Waals surface area contributed by atoms with Crippen LogP contribution >= 0.6 is 0 Å². The lowest BCUT2D eigenvalue weighted by atomic mass is 9.96. The van der Waals surface area contributed by atoms with Crippen LogP contribution in [0.15, 0.2) is 191 Å². The van der Waals surface area contributed by atoms with Crippen molar-refractivity contribution in [3.8, 4) is 51.0 Å². The Hall–Kier alpha value is -7.83. The van der Waals surface area contributed by atoms with Crippen LogP contribution in [0.5, 0.6) is 0 Å². The number of aromatic nitrogens is 4. The van der Waals surface area contributed by atoms with Gasteiger partial charge in [0.2, 0.25) is 0 Å². The first-order valence-electron chi connectivity index (χ1n) is 19.0. The van der Waals surface area contributed by atoms with Gasteiger partial charge in [0.15, 0.2) is 17.5 Å². The van der Waals surface area contributed by atoms with Crippen molar-refractivity contribution in [2.45, 2.75) is 0 Å². The molecule has 0 spiro atoms. The van der Waals surface area contributed by atoms with Crippen LogP contribution in [0.1, 0.15) is 0 Å². The van der Waals surface area contributed by atoms with Gasteiger partial charge >= 0.3 is 0 Å². The second kappa shape index (κ2) is 12.3. The molecule has 0 amide bonds. The van der Waals surface area contributed by atoms with Gasteiger partial charge in [0.05, 0.1) is 11.0 Å². The van der Waals surface area contributed by atoms with Crippen LogP contribution in [-0.2, 0) is 0 Å². The first kappa shape index (κ1) is 31.5. The molecular formula is C51H30N4O2. The van der Waals surface area contributed by atoms with Crippen LogP contribution in [0.3, 0.4) is 0 Å². The van der Waals surface area contributed by atoms with Gasteiger partial charge in [0.1, 0.15) is 22.3 Å². The highest BCUT2D eigenvalue weighted by Gasteiger charge is 2.23. The molecule has 0 fully saturated rings. The predicted molar refractivity (Wildman–Crippen MR) is 230 cm³/mol. The number of hydrogen-bond acceptors (Lipinski definition) is 5. The summed E-state index contributed by atoms with van der Waals surface area (Å²) in [7, 11) is 0. The van der Waals surface area contributed by atoms with Crippen LogP contribution in [-0.4, -0.2) is 19.5 Å². The van der Waals surface area contributed by atoms with Gasteiger partial charge in [-0.2, -0.15) is 0 Å². The van der Waals surface area contributed by atoms with Gasteiger partial charge in [-0.3, -0.25) is 0 Å². The summed E-state index contributed by atoms with van der Waals surface area (Å²) in [6.07, 6.45) is 0. The zero-order valence-corrected chi connectivity index (χ0v) is 30.4. The summed E-state index contributed by atoms with van der Waals surface area (Å²) < 4.78 is 15.5. The zero-order valence-electron chi connectivity index (χ0n) is 30.4. The monoisotopic (exact) mass is 730 g/mol. The third kappa shape index (κ3) is 4.87. The molecule has 8 aromatic carbocycles. The predicted octanol–water partition coefficient (Wildman–Crippen LogP) is 13.4. The van der Waals surface area contributed by atoms with Crippen LogP contribution in [0.2, 0.25) is 0 Å². The molecular weight excluding hydrogens is 701 g/mol. The van der Waals surface area contributed by atoms with E-state index in [1.165, 1.54) is 0 Å². The Morgan fingerprint density at radius 2 is 0.912 bits per heavy atom. The fourth-order valence-electron chi connectivity index (χ4n) is 8.55. The van der Waals surface area contributed by atoms with Gasteiger partial charge in [-0.25, -0.2) is 15.0 Å². The largest absolute Gasteiger partial charge is 0.456 e. The van der Waals surface area contributed by atoms with Gasteiger partial charge in [-0.15, -0.1) is 0 Å². The number of hydrogen-bond donors (Lipinski definition) is 0. The number of para-hydroxylation sites is 3. The van der Waals surface area contributed by atoms with Crippen LogP contribution in [0.4, 0.5) is 0 Å². The molecule has 4 aromatic heterocycles. The van der Waals surface area contributed by atoms with Crippen molar-refractivity contribution >= 4 is 65.7 Å². The van der Waals surface area contributed by atoms with Crippen molar-refractivity contribution in [3.63, 3.8) is 0 Å². The maximum Gasteiger partial charge on any atom is 0.164 e. The fraction of sp³-hybridized carbons (Fsp3) is 0. The summed E-state index contributed by atoms with van der Waals surface area (Å²) in [5.74, 6) is 1.87. The molecule has 12 aromatic rings. The van der Waals surface area contributed by atoms with Crippen molar-refractivity contribution in [3.05, 3.63) is 182 Å². The van der Waals surface area contributed by atoms with Gasteiger partial charge < -0.3 is 13.4 Å². The minimum Gasteiger partial charge on any atom is -0.456 e. The van der Waals surface area contributed by atoms with E-state index in [1.54, 1.807) is 0 Å². The second-order valence-electron chi connectivity index (χ2n) is 14.3. The van der Waals surface area contributed by atoms with Gasteiger partial charge in [0.25, 0.3) is 0 Å². The van der Waals surface area contributed by atoms with Crippen LogP contribution < -0.4 is 0 Å². The molecule has 0 radical (unpaired) electrons. The maximum atomic E-state index is 6.73. The Labute approximate surface area is 325 Å². The average molecular weight is 731 g/mol. The summed E-state index contributed by atoms with van der Waals surface area (Å²) in [5, 5.41) is 6.42. The van der Waals surface area contributed by atoms with E-state index in [-0.39, 0.29) is 0 Å². The molecule has 4 heterocycles. The summed E-state index contributed by atoms with van der Waals surface area (Å²) in [6, 6.07) is 62.6. The van der Waals surface area contributed by atoms with E-state index in [9.17, 15) is 0 Å². The van der Waals surface area contributed by atoms with E-state index < -0.39 is 0 Å². The van der Waals surface area contributed by atoms with Crippen LogP contribution in [0.25, 0.3) is 117 Å². The van der Waals surface area contributed by atoms with Crippen molar-refractivity contribution in [1.82, 2.24) is 19.5 Å². The maximum absolute atomic E-state index is 6.73. The average Bonchev–Trinajstić information content (AvgIpc) is 3.96. The van der Waals surface area contributed by atoms with E-state index >= 15 is 0 Å². The third-order valence-electron chi connectivity index (χ3n) is 11.1. The molecule has 266 valence electrons. The number of fused-ring (bicyclic) bond motifs is 9. The standard InChI is InChI=1S/C51H30N4O2/c1-3-15-31(16-4-1)49-52-50(32-17-5-2-6-18-32)54-51(53-49)38-23-13-25-42-46(38)36-20-7-10-24-41(36)55(42)33-29-39-34-19-8-11-26-43(34)57-48(39)40(30-33)35-22-14-28-45-47(35)37-21-9-12-27-44(37)56-45/h1-30H. The van der Waals surface area contributed by atoms with Crippen molar-refractivity contribution in [1.29, 1.82) is 0 Å². The van der Waals surface area contributed by atoms with Crippen molar-refractivity contribution < 1.29 is 8.83 Å². The Morgan fingerprint density at radius 3 is 1.67 bits per heavy atom. The Morgan fingerprint density at radius 1 is 0.351 bits per heavy atom. The fourth-order valence-corrected chi connectivity index (χ4v) is 8.55. The first-order chi connectivity index (χ1) is 28.3. The second-order valence-corrected chi connectivity index (χ2v) is 14.3. The number of rotatable bonds is 5. The SMILES string of the molecule is c1ccc(-c2nc(-c3ccccc3)nc(-c3cccc4c3c3ccccc3n4-c3cc(-c4cccc5oc6ccccc6c45)c4oc5ccccc5c4c3)n2)cc1. The number of benzene rings is 8. The molecule has 0 saturated heterocycles. The van der Waals surface area contributed by atoms with E-state index in [2.05, 4.69) is 95.6 Å². The summed E-state index contributed by atoms with van der Waals surface area (Å²) in [6.45, 7) is 0. The summed E-state index contributed by atoms with van der Waals surface area (Å²) in [4.78, 5) is 15.3. The quantitative estimate of drug-likeness (QED) is 0.176. The molecule has 0 saturated carbocycles. The van der Waals surface area contributed by atoms with Crippen molar-refractivity contribution in [2.24, 2.45) is 0 Å². The first-order valence-corrected chi connectivity index (χ1v) is 19.0. The molecule has 0 unspecified atom stereocenters. The molecule has 0 bridgehead atoms. The molecule has 0 atom stereocenters. The van der Waals surface area contributed by atoms with E-state index in [1.807, 2.05) is 91.0 Å². The van der Waals surface area contributed by atoms with E-state index in [0.717, 1.165) is 99.2 Å². The molecule has 0 aliphatic heterocycles.